The van der Waals surface area contributed by atoms with Gasteiger partial charge in [-0.15, -0.1) is 11.8 Å². The summed E-state index contributed by atoms with van der Waals surface area (Å²) in [6.07, 6.45) is 0. The standard InChI is InChI=1S/C18H22ClNS/c1-12-8-14(3)17(9-13(12)2)18(20-4)11-21-16-7-5-6-15(19)10-16/h5-10,18,20H,11H2,1-4H3. The molecular formula is C18H22ClNS. The lowest BCUT2D eigenvalue weighted by Gasteiger charge is -2.20. The molecule has 2 aromatic rings. The lowest BCUT2D eigenvalue weighted by atomic mass is 9.96. The van der Waals surface area contributed by atoms with Gasteiger partial charge >= 0.3 is 0 Å². The monoisotopic (exact) mass is 319 g/mol. The number of aryl methyl sites for hydroxylation is 3. The first-order chi connectivity index (χ1) is 10.0. The molecule has 2 rings (SSSR count). The molecular weight excluding hydrogens is 298 g/mol. The fourth-order valence-electron chi connectivity index (χ4n) is 2.42. The van der Waals surface area contributed by atoms with E-state index in [0.717, 1.165) is 10.8 Å². The first kappa shape index (κ1) is 16.4. The average Bonchev–Trinajstić information content (AvgIpc) is 2.45. The third-order valence-corrected chi connectivity index (χ3v) is 5.14. The van der Waals surface area contributed by atoms with Crippen molar-refractivity contribution in [2.75, 3.05) is 12.8 Å². The number of hydrogen-bond acceptors (Lipinski definition) is 2. The minimum Gasteiger partial charge on any atom is -0.312 e. The van der Waals surface area contributed by atoms with Gasteiger partial charge in [0.25, 0.3) is 0 Å². The second-order valence-corrected chi connectivity index (χ2v) is 6.93. The molecule has 0 heterocycles. The Morgan fingerprint density at radius 3 is 2.43 bits per heavy atom. The number of benzene rings is 2. The van der Waals surface area contributed by atoms with Crippen molar-refractivity contribution in [1.82, 2.24) is 5.32 Å². The number of hydrogen-bond donors (Lipinski definition) is 1. The van der Waals surface area contributed by atoms with Crippen LogP contribution in [-0.4, -0.2) is 12.8 Å². The number of rotatable bonds is 5. The Balaban J connectivity index is 2.15. The van der Waals surface area contributed by atoms with Crippen LogP contribution in [0.15, 0.2) is 41.3 Å². The van der Waals surface area contributed by atoms with Crippen molar-refractivity contribution in [1.29, 1.82) is 0 Å². The Kier molecular flexibility index (Phi) is 5.74. The lowest BCUT2D eigenvalue weighted by Crippen LogP contribution is -2.20. The normalized spacial score (nSPS) is 12.4. The van der Waals surface area contributed by atoms with Crippen molar-refractivity contribution in [2.24, 2.45) is 0 Å². The summed E-state index contributed by atoms with van der Waals surface area (Å²) in [4.78, 5) is 1.21. The van der Waals surface area contributed by atoms with Gasteiger partial charge in [0.05, 0.1) is 0 Å². The molecule has 0 amide bonds. The van der Waals surface area contributed by atoms with Gasteiger partial charge in [-0.2, -0.15) is 0 Å². The van der Waals surface area contributed by atoms with Gasteiger partial charge in [-0.05, 0) is 68.3 Å². The summed E-state index contributed by atoms with van der Waals surface area (Å²) in [5.41, 5.74) is 5.44. The van der Waals surface area contributed by atoms with E-state index >= 15 is 0 Å². The molecule has 112 valence electrons. The summed E-state index contributed by atoms with van der Waals surface area (Å²) in [7, 11) is 2.03. The van der Waals surface area contributed by atoms with Crippen molar-refractivity contribution in [3.05, 3.63) is 63.7 Å². The van der Waals surface area contributed by atoms with Gasteiger partial charge in [-0.25, -0.2) is 0 Å². The van der Waals surface area contributed by atoms with E-state index < -0.39 is 0 Å². The van der Waals surface area contributed by atoms with Crippen LogP contribution in [0, 0.1) is 20.8 Å². The van der Waals surface area contributed by atoms with E-state index in [0.29, 0.717) is 6.04 Å². The topological polar surface area (TPSA) is 12.0 Å². The van der Waals surface area contributed by atoms with E-state index in [-0.39, 0.29) is 0 Å². The molecule has 0 aliphatic carbocycles. The number of thioether (sulfide) groups is 1. The zero-order chi connectivity index (χ0) is 15.4. The summed E-state index contributed by atoms with van der Waals surface area (Å²) in [5.74, 6) is 0.986. The predicted octanol–water partition coefficient (Wildman–Crippen LogP) is 5.32. The highest BCUT2D eigenvalue weighted by Gasteiger charge is 2.13. The Hall–Kier alpha value is -0.960. The predicted molar refractivity (Wildman–Crippen MR) is 94.6 cm³/mol. The molecule has 0 saturated heterocycles. The zero-order valence-corrected chi connectivity index (χ0v) is 14.6. The zero-order valence-electron chi connectivity index (χ0n) is 13.0. The first-order valence-electron chi connectivity index (χ1n) is 7.14. The Morgan fingerprint density at radius 2 is 1.76 bits per heavy atom. The van der Waals surface area contributed by atoms with Crippen LogP contribution in [0.25, 0.3) is 0 Å². The van der Waals surface area contributed by atoms with Gasteiger partial charge in [0.15, 0.2) is 0 Å². The van der Waals surface area contributed by atoms with Gasteiger partial charge in [-0.1, -0.05) is 29.8 Å². The van der Waals surface area contributed by atoms with E-state index in [4.69, 9.17) is 11.6 Å². The van der Waals surface area contributed by atoms with Crippen LogP contribution in [0.5, 0.6) is 0 Å². The molecule has 0 saturated carbocycles. The van der Waals surface area contributed by atoms with E-state index in [2.05, 4.69) is 44.3 Å². The minimum atomic E-state index is 0.341. The Morgan fingerprint density at radius 1 is 1.05 bits per heavy atom. The minimum absolute atomic E-state index is 0.341. The molecule has 2 aromatic carbocycles. The highest BCUT2D eigenvalue weighted by Crippen LogP contribution is 2.29. The first-order valence-corrected chi connectivity index (χ1v) is 8.51. The van der Waals surface area contributed by atoms with Crippen molar-refractivity contribution < 1.29 is 0 Å². The molecule has 1 N–H and O–H groups in total. The van der Waals surface area contributed by atoms with Crippen molar-refractivity contribution in [2.45, 2.75) is 31.7 Å². The molecule has 1 nitrogen and oxygen atoms in total. The maximum absolute atomic E-state index is 6.05. The third kappa shape index (κ3) is 4.26. The van der Waals surface area contributed by atoms with Crippen LogP contribution in [0.3, 0.4) is 0 Å². The lowest BCUT2D eigenvalue weighted by molar-refractivity contribution is 0.657. The molecule has 0 aromatic heterocycles. The highest BCUT2D eigenvalue weighted by atomic mass is 35.5. The largest absolute Gasteiger partial charge is 0.312 e. The average molecular weight is 320 g/mol. The SMILES string of the molecule is CNC(CSc1cccc(Cl)c1)c1cc(C)c(C)cc1C. The van der Waals surface area contributed by atoms with Gasteiger partial charge in [0, 0.05) is 21.7 Å². The molecule has 0 spiro atoms. The molecule has 1 atom stereocenters. The van der Waals surface area contributed by atoms with Crippen molar-refractivity contribution in [3.63, 3.8) is 0 Å². The van der Waals surface area contributed by atoms with E-state index in [1.54, 1.807) is 0 Å². The van der Waals surface area contributed by atoms with Crippen molar-refractivity contribution in [3.8, 4) is 0 Å². The summed E-state index contributed by atoms with van der Waals surface area (Å²) in [6.45, 7) is 6.53. The molecule has 0 bridgehead atoms. The van der Waals surface area contributed by atoms with Gasteiger partial charge in [-0.3, -0.25) is 0 Å². The summed E-state index contributed by atoms with van der Waals surface area (Å²) < 4.78 is 0. The number of halogens is 1. The van der Waals surface area contributed by atoms with Crippen LogP contribution >= 0.6 is 23.4 Å². The van der Waals surface area contributed by atoms with Gasteiger partial charge in [0.1, 0.15) is 0 Å². The Bertz CT molecular complexity index is 625. The van der Waals surface area contributed by atoms with Crippen LogP contribution in [0.2, 0.25) is 5.02 Å². The maximum Gasteiger partial charge on any atom is 0.0417 e. The summed E-state index contributed by atoms with van der Waals surface area (Å²) in [6, 6.07) is 13.0. The second-order valence-electron chi connectivity index (χ2n) is 5.40. The van der Waals surface area contributed by atoms with Gasteiger partial charge in [0.2, 0.25) is 0 Å². The highest BCUT2D eigenvalue weighted by molar-refractivity contribution is 7.99. The van der Waals surface area contributed by atoms with E-state index in [9.17, 15) is 0 Å². The summed E-state index contributed by atoms with van der Waals surface area (Å²) >= 11 is 7.88. The van der Waals surface area contributed by atoms with Crippen LogP contribution in [0.4, 0.5) is 0 Å². The maximum atomic E-state index is 6.05. The van der Waals surface area contributed by atoms with Crippen molar-refractivity contribution >= 4 is 23.4 Å². The fourth-order valence-corrected chi connectivity index (χ4v) is 3.77. The molecule has 0 aliphatic rings. The van der Waals surface area contributed by atoms with E-state index in [1.165, 1.54) is 27.1 Å². The van der Waals surface area contributed by atoms with Gasteiger partial charge < -0.3 is 5.32 Å². The molecule has 21 heavy (non-hydrogen) atoms. The molecule has 0 aliphatic heterocycles. The van der Waals surface area contributed by atoms with Crippen LogP contribution < -0.4 is 5.32 Å². The third-order valence-electron chi connectivity index (χ3n) is 3.82. The molecule has 0 radical (unpaired) electrons. The smallest absolute Gasteiger partial charge is 0.0417 e. The van der Waals surface area contributed by atoms with Crippen LogP contribution in [-0.2, 0) is 0 Å². The molecule has 0 fully saturated rings. The fraction of sp³-hybridized carbons (Fsp3) is 0.333. The van der Waals surface area contributed by atoms with E-state index in [1.807, 2.05) is 37.0 Å². The second kappa shape index (κ2) is 7.35. The quantitative estimate of drug-likeness (QED) is 0.749. The number of nitrogens with one attached hydrogen (secondary N) is 1. The molecule has 3 heteroatoms. The summed E-state index contributed by atoms with van der Waals surface area (Å²) in [5, 5.41) is 4.23. The van der Waals surface area contributed by atoms with Crippen LogP contribution in [0.1, 0.15) is 28.3 Å². The Labute approximate surface area is 137 Å². The molecule has 1 unspecified atom stereocenters.